The first-order chi connectivity index (χ1) is 7.24. The molecule has 0 aromatic heterocycles. The van der Waals surface area contributed by atoms with Crippen molar-refractivity contribution in [2.75, 3.05) is 6.54 Å². The summed E-state index contributed by atoms with van der Waals surface area (Å²) in [7, 11) is 0. The van der Waals surface area contributed by atoms with E-state index >= 15 is 0 Å². The van der Waals surface area contributed by atoms with Gasteiger partial charge in [0.05, 0.1) is 0 Å². The third-order valence-electron chi connectivity index (χ3n) is 2.62. The Hall–Kier alpha value is -1.19. The minimum atomic E-state index is -0.402. The molecule has 2 unspecified atom stereocenters. The Morgan fingerprint density at radius 3 is 2.67 bits per heavy atom. The van der Waals surface area contributed by atoms with Crippen LogP contribution in [-0.4, -0.2) is 24.6 Å². The van der Waals surface area contributed by atoms with Crippen LogP contribution in [0.4, 0.5) is 0 Å². The van der Waals surface area contributed by atoms with Crippen molar-refractivity contribution in [3.63, 3.8) is 0 Å². The van der Waals surface area contributed by atoms with E-state index in [1.807, 2.05) is 31.3 Å². The highest BCUT2D eigenvalue weighted by Gasteiger charge is 2.34. The van der Waals surface area contributed by atoms with Gasteiger partial charge in [-0.25, -0.2) is 0 Å². The summed E-state index contributed by atoms with van der Waals surface area (Å²) in [6.45, 7) is 2.40. The Labute approximate surface area is 90.0 Å². The molecule has 0 bridgehead atoms. The van der Waals surface area contributed by atoms with Crippen LogP contribution in [0, 0.1) is 0 Å². The van der Waals surface area contributed by atoms with Gasteiger partial charge in [-0.2, -0.15) is 0 Å². The molecule has 2 N–H and O–H groups in total. The number of rotatable bonds is 3. The van der Waals surface area contributed by atoms with Crippen LogP contribution in [0.25, 0.3) is 0 Å². The van der Waals surface area contributed by atoms with E-state index in [4.69, 9.17) is 10.5 Å². The van der Waals surface area contributed by atoms with Crippen molar-refractivity contribution >= 4 is 6.21 Å². The Bertz CT molecular complexity index is 350. The van der Waals surface area contributed by atoms with Crippen LogP contribution in [0.2, 0.25) is 0 Å². The predicted molar refractivity (Wildman–Crippen MR) is 61.0 cm³/mol. The average molecular weight is 204 g/mol. The Morgan fingerprint density at radius 1 is 1.40 bits per heavy atom. The summed E-state index contributed by atoms with van der Waals surface area (Å²) in [6, 6.07) is 10.2. The third-order valence-corrected chi connectivity index (χ3v) is 2.62. The molecule has 0 radical (unpaired) electrons. The fraction of sp³-hybridized carbons (Fsp3) is 0.417. The highest BCUT2D eigenvalue weighted by atomic mass is 16.5. The van der Waals surface area contributed by atoms with Crippen LogP contribution < -0.4 is 5.73 Å². The topological polar surface area (TPSA) is 47.6 Å². The molecule has 1 aromatic carbocycles. The molecule has 1 aliphatic heterocycles. The van der Waals surface area contributed by atoms with E-state index in [0.29, 0.717) is 6.54 Å². The summed E-state index contributed by atoms with van der Waals surface area (Å²) in [5.41, 5.74) is 6.59. The Kier molecular flexibility index (Phi) is 2.84. The molecule has 0 amide bonds. The second kappa shape index (κ2) is 4.13. The maximum atomic E-state index is 5.76. The number of nitrogens with two attached hydrogens (primary N) is 1. The summed E-state index contributed by atoms with van der Waals surface area (Å²) in [5, 5.41) is 0. The van der Waals surface area contributed by atoms with Crippen molar-refractivity contribution < 1.29 is 4.74 Å². The van der Waals surface area contributed by atoms with E-state index in [-0.39, 0.29) is 6.23 Å². The number of hydrogen-bond acceptors (Lipinski definition) is 3. The molecule has 0 saturated heterocycles. The average Bonchev–Trinajstić information content (AvgIpc) is 2.62. The molecule has 1 heterocycles. The van der Waals surface area contributed by atoms with Crippen molar-refractivity contribution in [2.24, 2.45) is 10.7 Å². The molecule has 2 rings (SSSR count). The Balaban J connectivity index is 2.13. The largest absolute Gasteiger partial charge is 0.343 e. The molecule has 3 heteroatoms. The lowest BCUT2D eigenvalue weighted by atomic mass is 9.96. The van der Waals surface area contributed by atoms with Gasteiger partial charge in [0.15, 0.2) is 0 Å². The third kappa shape index (κ3) is 2.25. The minimum absolute atomic E-state index is 0.0720. The zero-order valence-corrected chi connectivity index (χ0v) is 8.89. The molecule has 0 fully saturated rings. The van der Waals surface area contributed by atoms with Gasteiger partial charge in [-0.15, -0.1) is 0 Å². The molecular formula is C12H16N2O. The first kappa shape index (κ1) is 10.3. The number of benzene rings is 1. The van der Waals surface area contributed by atoms with Gasteiger partial charge >= 0.3 is 0 Å². The zero-order chi connectivity index (χ0) is 10.7. The lowest BCUT2D eigenvalue weighted by Gasteiger charge is -2.25. The maximum Gasteiger partial charge on any atom is 0.146 e. The summed E-state index contributed by atoms with van der Waals surface area (Å²) in [6.07, 6.45) is 2.57. The molecule has 0 spiro atoms. The highest BCUT2D eigenvalue weighted by Crippen LogP contribution is 2.22. The summed E-state index contributed by atoms with van der Waals surface area (Å²) in [4.78, 5) is 4.23. The van der Waals surface area contributed by atoms with Crippen LogP contribution in [0.15, 0.2) is 35.3 Å². The monoisotopic (exact) mass is 204 g/mol. The van der Waals surface area contributed by atoms with E-state index in [9.17, 15) is 0 Å². The van der Waals surface area contributed by atoms with Gasteiger partial charge in [-0.1, -0.05) is 30.3 Å². The van der Waals surface area contributed by atoms with E-state index in [0.717, 1.165) is 6.42 Å². The molecule has 1 aliphatic rings. The van der Waals surface area contributed by atoms with Crippen molar-refractivity contribution in [3.05, 3.63) is 35.9 Å². The Morgan fingerprint density at radius 2 is 2.13 bits per heavy atom. The summed E-state index contributed by atoms with van der Waals surface area (Å²) < 4.78 is 5.75. The van der Waals surface area contributed by atoms with Gasteiger partial charge in [0.2, 0.25) is 0 Å². The highest BCUT2D eigenvalue weighted by molar-refractivity contribution is 5.71. The van der Waals surface area contributed by atoms with Crippen molar-refractivity contribution in [1.82, 2.24) is 0 Å². The molecule has 15 heavy (non-hydrogen) atoms. The van der Waals surface area contributed by atoms with E-state index in [1.54, 1.807) is 0 Å². The van der Waals surface area contributed by atoms with Gasteiger partial charge in [-0.05, 0) is 12.5 Å². The molecule has 0 saturated carbocycles. The SMILES string of the molecule is CC1N=CC(CN)(Cc2ccccc2)O1. The molecule has 3 nitrogen and oxygen atoms in total. The molecule has 1 aromatic rings. The van der Waals surface area contributed by atoms with Crippen LogP contribution in [-0.2, 0) is 11.2 Å². The van der Waals surface area contributed by atoms with Crippen LogP contribution >= 0.6 is 0 Å². The van der Waals surface area contributed by atoms with Gasteiger partial charge in [-0.3, -0.25) is 4.99 Å². The molecule has 80 valence electrons. The quantitative estimate of drug-likeness (QED) is 0.808. The molecular weight excluding hydrogens is 188 g/mol. The van der Waals surface area contributed by atoms with Crippen LogP contribution in [0.5, 0.6) is 0 Å². The smallest absolute Gasteiger partial charge is 0.146 e. The van der Waals surface area contributed by atoms with Crippen LogP contribution in [0.1, 0.15) is 12.5 Å². The molecule has 2 atom stereocenters. The molecule has 0 aliphatic carbocycles. The maximum absolute atomic E-state index is 5.76. The summed E-state index contributed by atoms with van der Waals surface area (Å²) in [5.74, 6) is 0. The van der Waals surface area contributed by atoms with E-state index in [2.05, 4.69) is 17.1 Å². The van der Waals surface area contributed by atoms with Crippen molar-refractivity contribution in [1.29, 1.82) is 0 Å². The number of aliphatic imine (C=N–C) groups is 1. The first-order valence-electron chi connectivity index (χ1n) is 5.20. The number of ether oxygens (including phenoxy) is 1. The van der Waals surface area contributed by atoms with Crippen molar-refractivity contribution in [3.8, 4) is 0 Å². The van der Waals surface area contributed by atoms with Gasteiger partial charge in [0, 0.05) is 19.2 Å². The van der Waals surface area contributed by atoms with Gasteiger partial charge in [0.25, 0.3) is 0 Å². The lowest BCUT2D eigenvalue weighted by Crippen LogP contribution is -2.42. The minimum Gasteiger partial charge on any atom is -0.343 e. The van der Waals surface area contributed by atoms with Gasteiger partial charge < -0.3 is 10.5 Å². The zero-order valence-electron chi connectivity index (χ0n) is 8.89. The summed E-state index contributed by atoms with van der Waals surface area (Å²) >= 11 is 0. The van der Waals surface area contributed by atoms with E-state index in [1.165, 1.54) is 5.56 Å². The van der Waals surface area contributed by atoms with Crippen LogP contribution in [0.3, 0.4) is 0 Å². The fourth-order valence-corrected chi connectivity index (χ4v) is 1.84. The lowest BCUT2D eigenvalue weighted by molar-refractivity contribution is -0.00818. The standard InChI is InChI=1S/C12H16N2O/c1-10-14-9-12(8-13,15-10)7-11-5-3-2-4-6-11/h2-6,9-10H,7-8,13H2,1H3. The second-order valence-corrected chi connectivity index (χ2v) is 3.93. The second-order valence-electron chi connectivity index (χ2n) is 3.93. The number of nitrogens with zero attached hydrogens (tertiary/aromatic N) is 1. The van der Waals surface area contributed by atoms with E-state index < -0.39 is 5.60 Å². The normalized spacial score (nSPS) is 29.6. The first-order valence-corrected chi connectivity index (χ1v) is 5.20. The van der Waals surface area contributed by atoms with Gasteiger partial charge in [0.1, 0.15) is 11.8 Å². The number of hydrogen-bond donors (Lipinski definition) is 1. The predicted octanol–water partition coefficient (Wildman–Crippen LogP) is 1.37. The fourth-order valence-electron chi connectivity index (χ4n) is 1.84. The van der Waals surface area contributed by atoms with Crippen molar-refractivity contribution in [2.45, 2.75) is 25.2 Å².